The largest absolute Gasteiger partial charge is 0.508 e. The van der Waals surface area contributed by atoms with Gasteiger partial charge in [-0.1, -0.05) is 72.8 Å². The van der Waals surface area contributed by atoms with Crippen molar-refractivity contribution in [3.8, 4) is 11.5 Å². The predicted molar refractivity (Wildman–Crippen MR) is 180 cm³/mol. The van der Waals surface area contributed by atoms with Crippen molar-refractivity contribution in [1.29, 1.82) is 0 Å². The Morgan fingerprint density at radius 1 is 0.667 bits per heavy atom. The molecule has 4 aromatic rings. The number of benzene rings is 4. The van der Waals surface area contributed by atoms with Gasteiger partial charge in [-0.15, -0.1) is 0 Å². The minimum absolute atomic E-state index is 0.00943. The number of phenolic OH excluding ortho intramolecular Hbond substituents is 2. The molecule has 3 unspecified atom stereocenters. The van der Waals surface area contributed by atoms with E-state index in [-0.39, 0.29) is 43.1 Å². The van der Waals surface area contributed by atoms with E-state index in [4.69, 9.17) is 5.73 Å². The van der Waals surface area contributed by atoms with E-state index in [0.717, 1.165) is 33.4 Å². The van der Waals surface area contributed by atoms with Crippen LogP contribution in [-0.2, 0) is 35.3 Å². The second-order valence-corrected chi connectivity index (χ2v) is 13.2. The van der Waals surface area contributed by atoms with Gasteiger partial charge in [0.1, 0.15) is 11.5 Å². The molecule has 2 aliphatic rings. The summed E-state index contributed by atoms with van der Waals surface area (Å²) in [6.07, 6.45) is -1.72. The summed E-state index contributed by atoms with van der Waals surface area (Å²) in [6.45, 7) is 0. The quantitative estimate of drug-likeness (QED) is 0.135. The van der Waals surface area contributed by atoms with Crippen molar-refractivity contribution in [1.82, 2.24) is 4.90 Å². The van der Waals surface area contributed by atoms with Crippen molar-refractivity contribution in [3.05, 3.63) is 130 Å². The number of aliphatic hydroxyl groups is 3. The zero-order valence-electron chi connectivity index (χ0n) is 26.6. The number of carbonyl (C=O) groups is 2. The number of rotatable bonds is 12. The Hall–Kier alpha value is -4.70. The maximum atomic E-state index is 15.1. The van der Waals surface area contributed by atoms with E-state index < -0.39 is 48.1 Å². The SMILES string of the molecule is NC(=O)C(Cc1ccc(O)cc1)CC(O)CC(Cc1ccc(O)cc1)C(=O)N([C@H]1c2ccccc2C[C@@H]1O)[C@H]1c2ccccc2C[C@@H]1O. The van der Waals surface area contributed by atoms with Crippen LogP contribution in [0.15, 0.2) is 97.1 Å². The van der Waals surface area contributed by atoms with Crippen molar-refractivity contribution in [3.63, 3.8) is 0 Å². The van der Waals surface area contributed by atoms with E-state index in [9.17, 15) is 30.3 Å². The highest BCUT2D eigenvalue weighted by atomic mass is 16.3. The summed E-state index contributed by atoms with van der Waals surface area (Å²) >= 11 is 0. The number of hydrogen-bond donors (Lipinski definition) is 6. The summed E-state index contributed by atoms with van der Waals surface area (Å²) in [5.74, 6) is -2.28. The average Bonchev–Trinajstić information content (AvgIpc) is 3.58. The van der Waals surface area contributed by atoms with Gasteiger partial charge in [0.25, 0.3) is 0 Å². The molecule has 0 radical (unpaired) electrons. The fraction of sp³-hybridized carbons (Fsp3) is 0.333. The van der Waals surface area contributed by atoms with Crippen LogP contribution < -0.4 is 5.73 Å². The predicted octanol–water partition coefficient (Wildman–Crippen LogP) is 3.89. The van der Waals surface area contributed by atoms with Gasteiger partial charge in [0.15, 0.2) is 0 Å². The normalized spacial score (nSPS) is 21.6. The molecule has 9 heteroatoms. The average molecular weight is 651 g/mol. The molecule has 48 heavy (non-hydrogen) atoms. The molecule has 0 saturated carbocycles. The number of fused-ring (bicyclic) bond motifs is 2. The zero-order chi connectivity index (χ0) is 33.9. The minimum atomic E-state index is -1.09. The molecule has 2 amide bonds. The Kier molecular flexibility index (Phi) is 9.82. The molecule has 9 nitrogen and oxygen atoms in total. The summed E-state index contributed by atoms with van der Waals surface area (Å²) in [6, 6.07) is 26.8. The first-order valence-corrected chi connectivity index (χ1v) is 16.5. The van der Waals surface area contributed by atoms with Crippen molar-refractivity contribution < 1.29 is 35.1 Å². The highest BCUT2D eigenvalue weighted by Crippen LogP contribution is 2.46. The Morgan fingerprint density at radius 2 is 1.08 bits per heavy atom. The van der Waals surface area contributed by atoms with Gasteiger partial charge in [-0.05, 0) is 83.3 Å². The molecule has 7 atom stereocenters. The third-order valence-electron chi connectivity index (χ3n) is 9.89. The maximum Gasteiger partial charge on any atom is 0.227 e. The molecule has 0 bridgehead atoms. The molecule has 0 aromatic heterocycles. The Bertz CT molecular complexity index is 1680. The lowest BCUT2D eigenvalue weighted by Crippen LogP contribution is -2.48. The lowest BCUT2D eigenvalue weighted by atomic mass is 9.85. The maximum absolute atomic E-state index is 15.1. The minimum Gasteiger partial charge on any atom is -0.508 e. The van der Waals surface area contributed by atoms with E-state index in [1.54, 1.807) is 41.3 Å². The van der Waals surface area contributed by atoms with E-state index in [1.165, 1.54) is 12.1 Å². The van der Waals surface area contributed by atoms with Crippen LogP contribution in [0.2, 0.25) is 0 Å². The molecule has 0 saturated heterocycles. The number of carbonyl (C=O) groups excluding carboxylic acids is 2. The van der Waals surface area contributed by atoms with Crippen LogP contribution in [0.4, 0.5) is 0 Å². The van der Waals surface area contributed by atoms with Crippen LogP contribution in [0, 0.1) is 11.8 Å². The third kappa shape index (κ3) is 7.08. The van der Waals surface area contributed by atoms with Crippen LogP contribution in [0.3, 0.4) is 0 Å². The number of phenols is 2. The summed E-state index contributed by atoms with van der Waals surface area (Å²) < 4.78 is 0. The topological polar surface area (TPSA) is 165 Å². The molecule has 0 spiro atoms. The number of nitrogens with zero attached hydrogens (tertiary/aromatic N) is 1. The van der Waals surface area contributed by atoms with Gasteiger partial charge in [-0.2, -0.15) is 0 Å². The number of nitrogens with two attached hydrogens (primary N) is 1. The number of hydrogen-bond acceptors (Lipinski definition) is 7. The van der Waals surface area contributed by atoms with Gasteiger partial charge in [-0.3, -0.25) is 9.59 Å². The molecule has 250 valence electrons. The molecule has 2 aliphatic carbocycles. The Balaban J connectivity index is 1.35. The molecular formula is C39H42N2O7. The van der Waals surface area contributed by atoms with Crippen LogP contribution in [0.1, 0.15) is 58.3 Å². The highest BCUT2D eigenvalue weighted by Gasteiger charge is 2.47. The van der Waals surface area contributed by atoms with Crippen molar-refractivity contribution >= 4 is 11.8 Å². The van der Waals surface area contributed by atoms with Gasteiger partial charge >= 0.3 is 0 Å². The molecule has 4 aromatic carbocycles. The van der Waals surface area contributed by atoms with Gasteiger partial charge in [0.05, 0.1) is 30.4 Å². The molecule has 7 N–H and O–H groups in total. The smallest absolute Gasteiger partial charge is 0.227 e. The number of aliphatic hydroxyl groups excluding tert-OH is 3. The van der Waals surface area contributed by atoms with Gasteiger partial charge in [0, 0.05) is 24.7 Å². The molecule has 0 fully saturated rings. The Labute approximate surface area is 279 Å². The van der Waals surface area contributed by atoms with Crippen molar-refractivity contribution in [2.24, 2.45) is 17.6 Å². The monoisotopic (exact) mass is 650 g/mol. The third-order valence-corrected chi connectivity index (χ3v) is 9.89. The van der Waals surface area contributed by atoms with E-state index >= 15 is 4.79 Å². The summed E-state index contributed by atoms with van der Waals surface area (Å²) in [5, 5.41) is 54.1. The summed E-state index contributed by atoms with van der Waals surface area (Å²) in [4.78, 5) is 29.3. The van der Waals surface area contributed by atoms with Crippen molar-refractivity contribution in [2.75, 3.05) is 0 Å². The fourth-order valence-corrected chi connectivity index (χ4v) is 7.59. The Morgan fingerprint density at radius 3 is 1.54 bits per heavy atom. The first kappa shape index (κ1) is 33.2. The second-order valence-electron chi connectivity index (χ2n) is 13.2. The van der Waals surface area contributed by atoms with Crippen LogP contribution in [-0.4, -0.2) is 60.6 Å². The first-order chi connectivity index (χ1) is 23.1. The molecule has 0 heterocycles. The summed E-state index contributed by atoms with van der Waals surface area (Å²) in [7, 11) is 0. The van der Waals surface area contributed by atoms with Gasteiger partial charge in [-0.25, -0.2) is 0 Å². The second kappa shape index (κ2) is 14.2. The van der Waals surface area contributed by atoms with Crippen LogP contribution in [0.25, 0.3) is 0 Å². The fourth-order valence-electron chi connectivity index (χ4n) is 7.59. The van der Waals surface area contributed by atoms with Crippen molar-refractivity contribution in [2.45, 2.75) is 68.9 Å². The zero-order valence-corrected chi connectivity index (χ0v) is 26.6. The number of aromatic hydroxyl groups is 2. The van der Waals surface area contributed by atoms with Gasteiger partial charge < -0.3 is 36.2 Å². The number of amides is 2. The molecular weight excluding hydrogens is 608 g/mol. The lowest BCUT2D eigenvalue weighted by Gasteiger charge is -2.41. The number of primary amides is 1. The molecule has 0 aliphatic heterocycles. The molecule has 6 rings (SSSR count). The van der Waals surface area contributed by atoms with Gasteiger partial charge in [0.2, 0.25) is 11.8 Å². The van der Waals surface area contributed by atoms with Crippen LogP contribution >= 0.6 is 0 Å². The first-order valence-electron chi connectivity index (χ1n) is 16.5. The lowest BCUT2D eigenvalue weighted by molar-refractivity contribution is -0.148. The van der Waals surface area contributed by atoms with Crippen LogP contribution in [0.5, 0.6) is 11.5 Å². The standard InChI is InChI=1S/C39H42N2O7/c40-38(47)27(17-23-9-13-29(42)14-10-23)19-31(44)20-28(18-24-11-15-30(43)16-12-24)39(48)41(36-32-7-3-1-5-25(32)21-34(36)45)37-33-8-4-2-6-26(33)22-35(37)46/h1-16,27-28,31,34-37,42-46H,17-22H2,(H2,40,47)/t27?,28?,31?,34-,35-,36-,37-/m0/s1. The van der Waals surface area contributed by atoms with E-state index in [1.807, 2.05) is 48.5 Å². The van der Waals surface area contributed by atoms with E-state index in [2.05, 4.69) is 0 Å². The van der Waals surface area contributed by atoms with E-state index in [0.29, 0.717) is 12.8 Å². The highest BCUT2D eigenvalue weighted by molar-refractivity contribution is 5.81. The summed E-state index contributed by atoms with van der Waals surface area (Å²) in [5.41, 5.74) is 10.8.